The fourth-order valence-electron chi connectivity index (χ4n) is 2.52. The van der Waals surface area contributed by atoms with Gasteiger partial charge in [0.15, 0.2) is 0 Å². The Labute approximate surface area is 142 Å². The lowest BCUT2D eigenvalue weighted by molar-refractivity contribution is -0.116. The van der Waals surface area contributed by atoms with Crippen LogP contribution >= 0.6 is 0 Å². The molecule has 126 valence electrons. The second-order valence-electron chi connectivity index (χ2n) is 6.37. The number of carbonyl (C=O) groups is 2. The number of hydrogen-bond donors (Lipinski definition) is 1. The van der Waals surface area contributed by atoms with Crippen LogP contribution in [0.2, 0.25) is 0 Å². The zero-order valence-electron chi connectivity index (χ0n) is 14.3. The molecule has 0 aliphatic heterocycles. The third kappa shape index (κ3) is 4.69. The van der Waals surface area contributed by atoms with Crippen LogP contribution in [0.15, 0.2) is 54.6 Å². The summed E-state index contributed by atoms with van der Waals surface area (Å²) in [5, 5.41) is 2.84. The Morgan fingerprint density at radius 2 is 1.75 bits per heavy atom. The quantitative estimate of drug-likeness (QED) is 0.811. The molecule has 24 heavy (non-hydrogen) atoms. The molecule has 1 amide bonds. The van der Waals surface area contributed by atoms with Crippen molar-refractivity contribution in [2.45, 2.75) is 32.1 Å². The molecule has 0 aromatic heterocycles. The molecule has 0 aliphatic rings. The fourth-order valence-corrected chi connectivity index (χ4v) is 2.52. The highest BCUT2D eigenvalue weighted by Crippen LogP contribution is 2.28. The molecule has 2 aromatic rings. The summed E-state index contributed by atoms with van der Waals surface area (Å²) in [6.07, 6.45) is 1.14. The van der Waals surface area contributed by atoms with Crippen LogP contribution in [0.5, 0.6) is 0 Å². The molecular formula is C20H23NO3. The Balaban J connectivity index is 1.95. The second kappa shape index (κ2) is 7.77. The van der Waals surface area contributed by atoms with Gasteiger partial charge in [-0.2, -0.15) is 0 Å². The summed E-state index contributed by atoms with van der Waals surface area (Å²) in [4.78, 5) is 23.7. The number of amides is 1. The van der Waals surface area contributed by atoms with E-state index in [-0.39, 0.29) is 11.3 Å². The highest BCUT2D eigenvalue weighted by Gasteiger charge is 2.21. The number of benzene rings is 2. The zero-order chi connectivity index (χ0) is 17.6. The monoisotopic (exact) mass is 325 g/mol. The van der Waals surface area contributed by atoms with Gasteiger partial charge in [-0.05, 0) is 35.6 Å². The van der Waals surface area contributed by atoms with Crippen molar-refractivity contribution in [1.29, 1.82) is 0 Å². The van der Waals surface area contributed by atoms with Gasteiger partial charge < -0.3 is 10.1 Å². The van der Waals surface area contributed by atoms with Crippen LogP contribution in [0.1, 0.15) is 42.6 Å². The molecule has 4 heteroatoms. The minimum absolute atomic E-state index is 0.0685. The number of nitrogens with one attached hydrogen (secondary N) is 1. The lowest BCUT2D eigenvalue weighted by Crippen LogP contribution is -2.21. The van der Waals surface area contributed by atoms with E-state index in [1.807, 2.05) is 18.2 Å². The first kappa shape index (κ1) is 17.7. The summed E-state index contributed by atoms with van der Waals surface area (Å²) in [5.74, 6) is -0.489. The van der Waals surface area contributed by atoms with Gasteiger partial charge in [0.05, 0.1) is 12.7 Å². The first-order valence-corrected chi connectivity index (χ1v) is 7.96. The van der Waals surface area contributed by atoms with Gasteiger partial charge in [0.1, 0.15) is 0 Å². The van der Waals surface area contributed by atoms with E-state index >= 15 is 0 Å². The molecule has 0 aliphatic carbocycles. The van der Waals surface area contributed by atoms with Crippen molar-refractivity contribution in [3.63, 3.8) is 0 Å². The summed E-state index contributed by atoms with van der Waals surface area (Å²) >= 11 is 0. The van der Waals surface area contributed by atoms with Crippen molar-refractivity contribution in [1.82, 2.24) is 0 Å². The zero-order valence-corrected chi connectivity index (χ0v) is 14.3. The van der Waals surface area contributed by atoms with Crippen LogP contribution < -0.4 is 5.32 Å². The van der Waals surface area contributed by atoms with Gasteiger partial charge in [0, 0.05) is 12.1 Å². The largest absolute Gasteiger partial charge is 0.465 e. The number of anilines is 1. The minimum atomic E-state index is -0.420. The van der Waals surface area contributed by atoms with Crippen molar-refractivity contribution in [3.05, 3.63) is 65.7 Å². The van der Waals surface area contributed by atoms with Crippen LogP contribution in [-0.4, -0.2) is 19.0 Å². The Bertz CT molecular complexity index is 708. The molecule has 0 unspecified atom stereocenters. The van der Waals surface area contributed by atoms with E-state index in [0.29, 0.717) is 17.7 Å². The van der Waals surface area contributed by atoms with Crippen molar-refractivity contribution in [2.75, 3.05) is 12.4 Å². The predicted octanol–water partition coefficient (Wildman–Crippen LogP) is 4.17. The second-order valence-corrected chi connectivity index (χ2v) is 6.37. The Morgan fingerprint density at radius 1 is 1.04 bits per heavy atom. The summed E-state index contributed by atoms with van der Waals surface area (Å²) in [6.45, 7) is 4.26. The summed E-state index contributed by atoms with van der Waals surface area (Å²) in [5.41, 5.74) is 2.15. The molecule has 0 spiro atoms. The van der Waals surface area contributed by atoms with E-state index < -0.39 is 5.97 Å². The molecule has 0 fully saturated rings. The third-order valence-corrected chi connectivity index (χ3v) is 4.10. The normalized spacial score (nSPS) is 11.0. The average Bonchev–Trinajstić information content (AvgIpc) is 2.60. The van der Waals surface area contributed by atoms with Gasteiger partial charge in [-0.3, -0.25) is 4.79 Å². The summed E-state index contributed by atoms with van der Waals surface area (Å²) in [7, 11) is 1.33. The van der Waals surface area contributed by atoms with Crippen LogP contribution in [-0.2, 0) is 14.9 Å². The number of esters is 1. The third-order valence-electron chi connectivity index (χ3n) is 4.10. The summed E-state index contributed by atoms with van der Waals surface area (Å²) < 4.78 is 4.69. The predicted molar refractivity (Wildman–Crippen MR) is 95.1 cm³/mol. The standard InChI is InChI=1S/C20H23NO3/c1-20(2,16-9-5-4-6-10-16)13-12-18(22)21-17-11-7-8-15(14-17)19(23)24-3/h4-11,14H,12-13H2,1-3H3,(H,21,22). The summed E-state index contributed by atoms with van der Waals surface area (Å²) in [6, 6.07) is 16.9. The highest BCUT2D eigenvalue weighted by atomic mass is 16.5. The van der Waals surface area contributed by atoms with E-state index in [9.17, 15) is 9.59 Å². The van der Waals surface area contributed by atoms with E-state index in [1.54, 1.807) is 24.3 Å². The van der Waals surface area contributed by atoms with Gasteiger partial charge >= 0.3 is 5.97 Å². The smallest absolute Gasteiger partial charge is 0.337 e. The first-order chi connectivity index (χ1) is 11.4. The van der Waals surface area contributed by atoms with Gasteiger partial charge in [-0.1, -0.05) is 50.2 Å². The molecular weight excluding hydrogens is 302 g/mol. The van der Waals surface area contributed by atoms with Crippen LogP contribution in [0, 0.1) is 0 Å². The number of hydrogen-bond acceptors (Lipinski definition) is 3. The van der Waals surface area contributed by atoms with Gasteiger partial charge in [0.25, 0.3) is 0 Å². The number of ether oxygens (including phenoxy) is 1. The molecule has 0 heterocycles. The van der Waals surface area contributed by atoms with E-state index in [4.69, 9.17) is 0 Å². The Kier molecular flexibility index (Phi) is 5.74. The number of carbonyl (C=O) groups excluding carboxylic acids is 2. The Hall–Kier alpha value is -2.62. The maximum absolute atomic E-state index is 12.2. The van der Waals surface area contributed by atoms with E-state index in [1.165, 1.54) is 12.7 Å². The van der Waals surface area contributed by atoms with Gasteiger partial charge in [-0.15, -0.1) is 0 Å². The van der Waals surface area contributed by atoms with Crippen LogP contribution in [0.25, 0.3) is 0 Å². The van der Waals surface area contributed by atoms with Crippen molar-refractivity contribution >= 4 is 17.6 Å². The maximum atomic E-state index is 12.2. The number of rotatable bonds is 6. The molecule has 2 rings (SSSR count). The molecule has 0 bridgehead atoms. The van der Waals surface area contributed by atoms with Crippen LogP contribution in [0.3, 0.4) is 0 Å². The van der Waals surface area contributed by atoms with Crippen molar-refractivity contribution < 1.29 is 14.3 Å². The molecule has 2 aromatic carbocycles. The topological polar surface area (TPSA) is 55.4 Å². The SMILES string of the molecule is COC(=O)c1cccc(NC(=O)CCC(C)(C)c2ccccc2)c1. The van der Waals surface area contributed by atoms with E-state index in [0.717, 1.165) is 6.42 Å². The first-order valence-electron chi connectivity index (χ1n) is 7.96. The fraction of sp³-hybridized carbons (Fsp3) is 0.300. The molecule has 1 N–H and O–H groups in total. The molecule has 0 saturated carbocycles. The molecule has 0 radical (unpaired) electrons. The van der Waals surface area contributed by atoms with Gasteiger partial charge in [-0.25, -0.2) is 4.79 Å². The molecule has 0 atom stereocenters. The lowest BCUT2D eigenvalue weighted by atomic mass is 9.80. The van der Waals surface area contributed by atoms with Crippen molar-refractivity contribution in [2.24, 2.45) is 0 Å². The Morgan fingerprint density at radius 3 is 2.42 bits per heavy atom. The van der Waals surface area contributed by atoms with E-state index in [2.05, 4.69) is 36.0 Å². The number of methoxy groups -OCH3 is 1. The molecule has 0 saturated heterocycles. The van der Waals surface area contributed by atoms with Gasteiger partial charge in [0.2, 0.25) is 5.91 Å². The molecule has 4 nitrogen and oxygen atoms in total. The minimum Gasteiger partial charge on any atom is -0.465 e. The maximum Gasteiger partial charge on any atom is 0.337 e. The highest BCUT2D eigenvalue weighted by molar-refractivity contribution is 5.94. The van der Waals surface area contributed by atoms with Crippen molar-refractivity contribution in [3.8, 4) is 0 Å². The van der Waals surface area contributed by atoms with Crippen LogP contribution in [0.4, 0.5) is 5.69 Å². The lowest BCUT2D eigenvalue weighted by Gasteiger charge is -2.25. The average molecular weight is 325 g/mol.